The first-order valence-electron chi connectivity index (χ1n) is 7.06. The molecule has 3 heterocycles. The molecule has 0 spiro atoms. The molecule has 110 valence electrons. The van der Waals surface area contributed by atoms with Gasteiger partial charge in [-0.1, -0.05) is 11.6 Å². The maximum Gasteiger partial charge on any atom is 0.145 e. The summed E-state index contributed by atoms with van der Waals surface area (Å²) in [4.78, 5) is 12.8. The molecule has 0 amide bonds. The molecule has 0 saturated carbocycles. The van der Waals surface area contributed by atoms with Gasteiger partial charge < -0.3 is 10.1 Å². The fourth-order valence-electron chi connectivity index (χ4n) is 2.38. The van der Waals surface area contributed by atoms with E-state index in [4.69, 9.17) is 16.3 Å². The van der Waals surface area contributed by atoms with Gasteiger partial charge in [0.05, 0.1) is 29.7 Å². The van der Waals surface area contributed by atoms with Gasteiger partial charge in [0, 0.05) is 31.1 Å². The van der Waals surface area contributed by atoms with Gasteiger partial charge in [0.1, 0.15) is 5.82 Å². The highest BCUT2D eigenvalue weighted by Gasteiger charge is 2.14. The number of pyridine rings is 1. The second-order valence-electron chi connectivity index (χ2n) is 5.11. The molecule has 0 radical (unpaired) electrons. The minimum absolute atomic E-state index is 0.536. The van der Waals surface area contributed by atoms with Crippen molar-refractivity contribution in [2.24, 2.45) is 5.92 Å². The molecular weight excluding hydrogens is 288 g/mol. The van der Waals surface area contributed by atoms with Crippen LogP contribution in [0.3, 0.4) is 0 Å². The van der Waals surface area contributed by atoms with Crippen molar-refractivity contribution in [3.05, 3.63) is 35.9 Å². The summed E-state index contributed by atoms with van der Waals surface area (Å²) in [6, 6.07) is 1.84. The second-order valence-corrected chi connectivity index (χ2v) is 5.52. The van der Waals surface area contributed by atoms with Crippen LogP contribution in [0, 0.1) is 5.92 Å². The molecule has 6 heteroatoms. The Morgan fingerprint density at radius 1 is 1.29 bits per heavy atom. The maximum absolute atomic E-state index is 6.14. The molecule has 5 nitrogen and oxygen atoms in total. The van der Waals surface area contributed by atoms with Crippen molar-refractivity contribution in [1.82, 2.24) is 15.0 Å². The number of hydrogen-bond donors (Lipinski definition) is 1. The second kappa shape index (κ2) is 6.83. The first-order chi connectivity index (χ1) is 10.3. The maximum atomic E-state index is 6.14. The van der Waals surface area contributed by atoms with Gasteiger partial charge >= 0.3 is 0 Å². The van der Waals surface area contributed by atoms with Gasteiger partial charge in [-0.3, -0.25) is 9.97 Å². The van der Waals surface area contributed by atoms with E-state index < -0.39 is 0 Å². The summed E-state index contributed by atoms with van der Waals surface area (Å²) >= 11 is 6.14. The van der Waals surface area contributed by atoms with Gasteiger partial charge in [-0.05, 0) is 24.8 Å². The highest BCUT2D eigenvalue weighted by atomic mass is 35.5. The summed E-state index contributed by atoms with van der Waals surface area (Å²) in [6.45, 7) is 2.55. The lowest BCUT2D eigenvalue weighted by Gasteiger charge is -2.22. The van der Waals surface area contributed by atoms with Crippen LogP contribution in [0.25, 0.3) is 11.3 Å². The van der Waals surface area contributed by atoms with E-state index in [-0.39, 0.29) is 0 Å². The summed E-state index contributed by atoms with van der Waals surface area (Å²) in [5, 5.41) is 3.91. The van der Waals surface area contributed by atoms with E-state index in [1.165, 1.54) is 6.42 Å². The Bertz CT molecular complexity index is 602. The Morgan fingerprint density at radius 2 is 2.24 bits per heavy atom. The number of nitrogens with zero attached hydrogens (tertiary/aromatic N) is 3. The lowest BCUT2D eigenvalue weighted by atomic mass is 10.0. The molecule has 21 heavy (non-hydrogen) atoms. The quantitative estimate of drug-likeness (QED) is 0.941. The summed E-state index contributed by atoms with van der Waals surface area (Å²) < 4.78 is 5.48. The molecule has 1 atom stereocenters. The largest absolute Gasteiger partial charge is 0.381 e. The number of ether oxygens (including phenoxy) is 1. The van der Waals surface area contributed by atoms with Crippen LogP contribution in [0.2, 0.25) is 5.02 Å². The number of halogens is 1. The van der Waals surface area contributed by atoms with Crippen LogP contribution in [0.1, 0.15) is 12.8 Å². The average molecular weight is 305 g/mol. The minimum atomic E-state index is 0.536. The van der Waals surface area contributed by atoms with E-state index in [9.17, 15) is 0 Å². The fourth-order valence-corrected chi connectivity index (χ4v) is 2.60. The third kappa shape index (κ3) is 3.68. The lowest BCUT2D eigenvalue weighted by molar-refractivity contribution is 0.0595. The number of anilines is 1. The monoisotopic (exact) mass is 304 g/mol. The highest BCUT2D eigenvalue weighted by molar-refractivity contribution is 6.33. The Morgan fingerprint density at radius 3 is 3.05 bits per heavy atom. The molecule has 1 aliphatic heterocycles. The van der Waals surface area contributed by atoms with Crippen molar-refractivity contribution in [1.29, 1.82) is 0 Å². The van der Waals surface area contributed by atoms with E-state index in [1.54, 1.807) is 24.8 Å². The number of nitrogens with one attached hydrogen (secondary N) is 1. The van der Waals surface area contributed by atoms with Crippen molar-refractivity contribution in [3.8, 4) is 11.3 Å². The van der Waals surface area contributed by atoms with Crippen LogP contribution in [-0.2, 0) is 4.74 Å². The summed E-state index contributed by atoms with van der Waals surface area (Å²) in [5.74, 6) is 1.29. The Balaban J connectivity index is 1.70. The summed E-state index contributed by atoms with van der Waals surface area (Å²) in [6.07, 6.45) is 9.06. The molecule has 1 fully saturated rings. The van der Waals surface area contributed by atoms with Crippen molar-refractivity contribution in [2.45, 2.75) is 12.8 Å². The van der Waals surface area contributed by atoms with Gasteiger partial charge in [-0.2, -0.15) is 0 Å². The summed E-state index contributed by atoms with van der Waals surface area (Å²) in [5.41, 5.74) is 1.58. The van der Waals surface area contributed by atoms with Crippen molar-refractivity contribution in [3.63, 3.8) is 0 Å². The van der Waals surface area contributed by atoms with Gasteiger partial charge in [-0.25, -0.2) is 4.98 Å². The smallest absolute Gasteiger partial charge is 0.145 e. The van der Waals surface area contributed by atoms with Gasteiger partial charge in [-0.15, -0.1) is 0 Å². The first-order valence-corrected chi connectivity index (χ1v) is 7.44. The molecule has 2 aromatic rings. The van der Waals surface area contributed by atoms with Crippen molar-refractivity contribution >= 4 is 17.4 Å². The van der Waals surface area contributed by atoms with E-state index in [1.807, 2.05) is 6.07 Å². The van der Waals surface area contributed by atoms with Crippen LogP contribution in [0.4, 0.5) is 5.82 Å². The van der Waals surface area contributed by atoms with Crippen molar-refractivity contribution in [2.75, 3.05) is 25.1 Å². The van der Waals surface area contributed by atoms with Crippen LogP contribution >= 0.6 is 11.6 Å². The topological polar surface area (TPSA) is 59.9 Å². The molecule has 0 bridgehead atoms. The van der Waals surface area contributed by atoms with Gasteiger partial charge in [0.25, 0.3) is 0 Å². The van der Waals surface area contributed by atoms with Gasteiger partial charge in [0.15, 0.2) is 0 Å². The average Bonchev–Trinajstić information content (AvgIpc) is 2.55. The number of aromatic nitrogens is 3. The predicted octanol–water partition coefficient (Wildman–Crippen LogP) is 3.03. The van der Waals surface area contributed by atoms with E-state index >= 15 is 0 Å². The zero-order valence-corrected chi connectivity index (χ0v) is 12.4. The minimum Gasteiger partial charge on any atom is -0.381 e. The van der Waals surface area contributed by atoms with E-state index in [0.29, 0.717) is 10.9 Å². The van der Waals surface area contributed by atoms with Crippen molar-refractivity contribution < 1.29 is 4.74 Å². The third-order valence-electron chi connectivity index (χ3n) is 3.51. The lowest BCUT2D eigenvalue weighted by Crippen LogP contribution is -2.24. The van der Waals surface area contributed by atoms with Crippen LogP contribution in [0.5, 0.6) is 0 Å². The Kier molecular flexibility index (Phi) is 4.62. The predicted molar refractivity (Wildman–Crippen MR) is 82.3 cm³/mol. The standard InChI is InChI=1S/C15H17ClN4O/c16-13-7-17-4-3-12(13)14-8-18-9-15(20-14)19-6-11-2-1-5-21-10-11/h3-4,7-9,11H,1-2,5-6,10H2,(H,19,20)/t11-/m1/s1. The van der Waals surface area contributed by atoms with Crippen LogP contribution in [0.15, 0.2) is 30.9 Å². The van der Waals surface area contributed by atoms with E-state index in [0.717, 1.165) is 43.3 Å². The highest BCUT2D eigenvalue weighted by Crippen LogP contribution is 2.25. The van der Waals surface area contributed by atoms with Gasteiger partial charge in [0.2, 0.25) is 0 Å². The molecule has 0 aliphatic carbocycles. The molecule has 1 N–H and O–H groups in total. The molecule has 0 aromatic carbocycles. The molecule has 2 aromatic heterocycles. The summed E-state index contributed by atoms with van der Waals surface area (Å²) in [7, 11) is 0. The van der Waals surface area contributed by atoms with Crippen LogP contribution < -0.4 is 5.32 Å². The van der Waals surface area contributed by atoms with Crippen LogP contribution in [-0.4, -0.2) is 34.7 Å². The number of hydrogen-bond acceptors (Lipinski definition) is 5. The Labute approximate surface area is 128 Å². The SMILES string of the molecule is Clc1cnccc1-c1cncc(NC[C@H]2CCCOC2)n1. The first kappa shape index (κ1) is 14.2. The fraction of sp³-hybridized carbons (Fsp3) is 0.400. The third-order valence-corrected chi connectivity index (χ3v) is 3.81. The zero-order chi connectivity index (χ0) is 14.5. The molecular formula is C15H17ClN4O. The van der Waals surface area contributed by atoms with E-state index in [2.05, 4.69) is 20.3 Å². The Hall–Kier alpha value is -1.72. The normalized spacial score (nSPS) is 18.4. The molecule has 0 unspecified atom stereocenters. The molecule has 3 rings (SSSR count). The zero-order valence-electron chi connectivity index (χ0n) is 11.6. The number of rotatable bonds is 4. The molecule has 1 saturated heterocycles. The molecule has 1 aliphatic rings.